The lowest BCUT2D eigenvalue weighted by Crippen LogP contribution is -2.30. The molecule has 0 fully saturated rings. The largest absolute Gasteiger partial charge is 0.476 e. The summed E-state index contributed by atoms with van der Waals surface area (Å²) in [6, 6.07) is 13.1. The van der Waals surface area contributed by atoms with Crippen molar-refractivity contribution < 1.29 is 27.7 Å². The lowest BCUT2D eigenvalue weighted by Gasteiger charge is -2.10. The summed E-state index contributed by atoms with van der Waals surface area (Å²) in [5, 5.41) is 17.8. The Morgan fingerprint density at radius 1 is 1.07 bits per heavy atom. The van der Waals surface area contributed by atoms with Gasteiger partial charge in [-0.25, -0.2) is 4.79 Å². The Balaban J connectivity index is 1.87. The predicted molar refractivity (Wildman–Crippen MR) is 96.3 cm³/mol. The molecule has 0 saturated heterocycles. The van der Waals surface area contributed by atoms with Crippen LogP contribution in [0.1, 0.15) is 0 Å². The van der Waals surface area contributed by atoms with Crippen molar-refractivity contribution in [3.8, 4) is 0 Å². The summed E-state index contributed by atoms with van der Waals surface area (Å²) >= 11 is 0. The van der Waals surface area contributed by atoms with Gasteiger partial charge in [-0.15, -0.1) is 0 Å². The first-order valence-corrected chi connectivity index (χ1v) is 8.84. The Labute approximate surface area is 153 Å². The molecular formula is C16H12N4O6S. The molecule has 11 heteroatoms. The molecule has 0 atom stereocenters. The molecule has 1 amide bonds. The summed E-state index contributed by atoms with van der Waals surface area (Å²) in [4.78, 5) is 23.6. The molecule has 2 aromatic rings. The lowest BCUT2D eigenvalue weighted by atomic mass is 10.2. The number of benzene rings is 2. The van der Waals surface area contributed by atoms with Crippen LogP contribution < -0.4 is 10.4 Å². The third kappa shape index (κ3) is 3.83. The van der Waals surface area contributed by atoms with Crippen molar-refractivity contribution in [1.82, 2.24) is 0 Å². The van der Waals surface area contributed by atoms with Gasteiger partial charge in [0.2, 0.25) is 5.71 Å². The zero-order valence-electron chi connectivity index (χ0n) is 13.5. The van der Waals surface area contributed by atoms with Crippen LogP contribution in [0.25, 0.3) is 0 Å². The predicted octanol–water partition coefficient (Wildman–Crippen LogP) is 1.19. The molecule has 0 saturated carbocycles. The number of anilines is 2. The van der Waals surface area contributed by atoms with E-state index in [0.717, 1.165) is 17.1 Å². The number of hydrogen-bond donors (Lipinski definition) is 3. The van der Waals surface area contributed by atoms with Gasteiger partial charge < -0.3 is 5.11 Å². The van der Waals surface area contributed by atoms with Crippen LogP contribution in [0.5, 0.6) is 0 Å². The van der Waals surface area contributed by atoms with Crippen LogP contribution in [0.2, 0.25) is 0 Å². The molecule has 0 spiro atoms. The van der Waals surface area contributed by atoms with Gasteiger partial charge in [-0.1, -0.05) is 18.2 Å². The van der Waals surface area contributed by atoms with Crippen LogP contribution in [-0.2, 0) is 19.7 Å². The van der Waals surface area contributed by atoms with Gasteiger partial charge in [-0.2, -0.15) is 23.6 Å². The minimum Gasteiger partial charge on any atom is -0.476 e. The Morgan fingerprint density at radius 3 is 2.26 bits per heavy atom. The van der Waals surface area contributed by atoms with E-state index in [0.29, 0.717) is 5.69 Å². The van der Waals surface area contributed by atoms with Crippen LogP contribution in [0.4, 0.5) is 11.4 Å². The van der Waals surface area contributed by atoms with E-state index in [1.807, 2.05) is 0 Å². The number of hydrazone groups is 2. The second kappa shape index (κ2) is 6.97. The number of rotatable bonds is 5. The minimum atomic E-state index is -4.34. The van der Waals surface area contributed by atoms with Gasteiger partial charge >= 0.3 is 11.9 Å². The van der Waals surface area contributed by atoms with Gasteiger partial charge in [0.25, 0.3) is 10.1 Å². The van der Waals surface area contributed by atoms with E-state index in [1.165, 1.54) is 12.1 Å². The molecule has 138 valence electrons. The number of amides is 1. The van der Waals surface area contributed by atoms with Gasteiger partial charge in [0.15, 0.2) is 5.71 Å². The van der Waals surface area contributed by atoms with E-state index in [2.05, 4.69) is 15.6 Å². The van der Waals surface area contributed by atoms with E-state index >= 15 is 0 Å². The van der Waals surface area contributed by atoms with E-state index in [4.69, 9.17) is 4.55 Å². The maximum Gasteiger partial charge on any atom is 0.358 e. The molecule has 0 aromatic heterocycles. The van der Waals surface area contributed by atoms with E-state index in [1.54, 1.807) is 30.3 Å². The maximum absolute atomic E-state index is 12.5. The molecule has 10 nitrogen and oxygen atoms in total. The molecule has 3 rings (SSSR count). The van der Waals surface area contributed by atoms with E-state index in [9.17, 15) is 23.1 Å². The summed E-state index contributed by atoms with van der Waals surface area (Å²) in [5.74, 6) is -2.16. The number of carboxylic acids is 1. The monoisotopic (exact) mass is 388 g/mol. The van der Waals surface area contributed by atoms with Gasteiger partial charge in [0, 0.05) is 0 Å². The van der Waals surface area contributed by atoms with Crippen molar-refractivity contribution in [2.24, 2.45) is 10.2 Å². The normalized spacial score (nSPS) is 15.7. The Hall–Kier alpha value is -3.57. The number of carboxylic acid groups (broad SMARTS) is 1. The average molecular weight is 388 g/mol. The van der Waals surface area contributed by atoms with Crippen molar-refractivity contribution in [3.63, 3.8) is 0 Å². The summed E-state index contributed by atoms with van der Waals surface area (Å²) in [6.45, 7) is 0. The first-order chi connectivity index (χ1) is 12.8. The molecule has 27 heavy (non-hydrogen) atoms. The second-order valence-electron chi connectivity index (χ2n) is 5.28. The number of para-hydroxylation sites is 1. The van der Waals surface area contributed by atoms with Crippen LogP contribution >= 0.6 is 0 Å². The summed E-state index contributed by atoms with van der Waals surface area (Å²) < 4.78 is 31.0. The zero-order valence-corrected chi connectivity index (χ0v) is 14.3. The van der Waals surface area contributed by atoms with Crippen molar-refractivity contribution >= 4 is 44.8 Å². The third-order valence-electron chi connectivity index (χ3n) is 3.47. The molecule has 0 aliphatic carbocycles. The molecule has 1 aliphatic heterocycles. The first kappa shape index (κ1) is 18.2. The molecule has 1 heterocycles. The highest BCUT2D eigenvalue weighted by Gasteiger charge is 2.37. The van der Waals surface area contributed by atoms with Crippen LogP contribution in [0.3, 0.4) is 0 Å². The number of nitrogens with one attached hydrogen (secondary N) is 1. The van der Waals surface area contributed by atoms with Gasteiger partial charge in [0.1, 0.15) is 0 Å². The fraction of sp³-hybridized carbons (Fsp3) is 0. The number of aliphatic carboxylic acids is 1. The SMILES string of the molecule is O=C(O)C1=NN(c2ccccc2)C(=O)/C1=N\Nc1ccc(S(=O)(=O)O)cc1. The number of carbonyl (C=O) groups is 2. The Kier molecular flexibility index (Phi) is 4.71. The molecule has 0 unspecified atom stereocenters. The number of carbonyl (C=O) groups excluding carboxylic acids is 1. The summed E-state index contributed by atoms with van der Waals surface area (Å²) in [7, 11) is -4.34. The minimum absolute atomic E-state index is 0.269. The third-order valence-corrected chi connectivity index (χ3v) is 4.34. The zero-order chi connectivity index (χ0) is 19.6. The highest BCUT2D eigenvalue weighted by atomic mass is 32.2. The molecular weight excluding hydrogens is 376 g/mol. The van der Waals surface area contributed by atoms with Crippen molar-refractivity contribution in [3.05, 3.63) is 54.6 Å². The standard InChI is InChI=1S/C16H12N4O6S/c21-15-13(18-17-10-6-8-12(9-7-10)27(24,25)26)14(16(22)23)19-20(15)11-4-2-1-3-5-11/h1-9,17H,(H,22,23)(H,24,25,26)/b18-13-. The highest BCUT2D eigenvalue weighted by molar-refractivity contribution is 7.85. The van der Waals surface area contributed by atoms with Gasteiger partial charge in [-0.05, 0) is 36.4 Å². The van der Waals surface area contributed by atoms with Gasteiger partial charge in [-0.3, -0.25) is 14.8 Å². The van der Waals surface area contributed by atoms with Crippen molar-refractivity contribution in [2.75, 3.05) is 10.4 Å². The van der Waals surface area contributed by atoms with Crippen LogP contribution in [-0.4, -0.2) is 41.4 Å². The van der Waals surface area contributed by atoms with Crippen molar-refractivity contribution in [2.45, 2.75) is 4.90 Å². The molecule has 3 N–H and O–H groups in total. The van der Waals surface area contributed by atoms with Crippen molar-refractivity contribution in [1.29, 1.82) is 0 Å². The summed E-state index contributed by atoms with van der Waals surface area (Å²) in [5.41, 5.74) is 2.17. The fourth-order valence-corrected chi connectivity index (χ4v) is 2.69. The highest BCUT2D eigenvalue weighted by Crippen LogP contribution is 2.20. The average Bonchev–Trinajstić information content (AvgIpc) is 2.97. The van der Waals surface area contributed by atoms with Gasteiger partial charge in [0.05, 0.1) is 16.3 Å². The molecule has 1 aliphatic rings. The van der Waals surface area contributed by atoms with Crippen LogP contribution in [0, 0.1) is 0 Å². The first-order valence-electron chi connectivity index (χ1n) is 7.40. The molecule has 0 bridgehead atoms. The lowest BCUT2D eigenvalue weighted by molar-refractivity contribution is -0.129. The van der Waals surface area contributed by atoms with E-state index in [-0.39, 0.29) is 10.6 Å². The van der Waals surface area contributed by atoms with Crippen LogP contribution in [0.15, 0.2) is 69.7 Å². The molecule has 2 aromatic carbocycles. The maximum atomic E-state index is 12.5. The van der Waals surface area contributed by atoms with E-state index < -0.39 is 33.4 Å². The second-order valence-corrected chi connectivity index (χ2v) is 6.70. The summed E-state index contributed by atoms with van der Waals surface area (Å²) in [6.07, 6.45) is 0. The fourth-order valence-electron chi connectivity index (χ4n) is 2.21. The Morgan fingerprint density at radius 2 is 1.70 bits per heavy atom. The number of nitrogens with zero attached hydrogens (tertiary/aromatic N) is 3. The topological polar surface area (TPSA) is 149 Å². The molecule has 0 radical (unpaired) electrons. The smallest absolute Gasteiger partial charge is 0.358 e. The number of hydrogen-bond acceptors (Lipinski definition) is 7. The Bertz CT molecular complexity index is 1060. The quantitative estimate of drug-likeness (QED) is 0.514.